The summed E-state index contributed by atoms with van der Waals surface area (Å²) in [6.07, 6.45) is 0. The first-order valence-corrected chi connectivity index (χ1v) is 8.61. The summed E-state index contributed by atoms with van der Waals surface area (Å²) in [7, 11) is -6.13. The van der Waals surface area contributed by atoms with Crippen LogP contribution in [-0.4, -0.2) is 97.4 Å². The molecule has 3 aliphatic heterocycles. The highest BCUT2D eigenvalue weighted by Gasteiger charge is 2.74. The van der Waals surface area contributed by atoms with Crippen LogP contribution in [-0.2, 0) is 45.5 Å². The lowest BCUT2D eigenvalue weighted by Gasteiger charge is -2.79. The Labute approximate surface area is 161 Å². The number of nitrogens with two attached hydrogens (primary N) is 3. The van der Waals surface area contributed by atoms with Crippen molar-refractivity contribution >= 4 is 42.8 Å². The predicted molar refractivity (Wildman–Crippen MR) is 93.8 cm³/mol. The Morgan fingerprint density at radius 2 is 0.857 bits per heavy atom. The van der Waals surface area contributed by atoms with Gasteiger partial charge in [-0.2, -0.15) is 0 Å². The van der Waals surface area contributed by atoms with E-state index >= 15 is 0 Å². The van der Waals surface area contributed by atoms with Gasteiger partial charge in [0.1, 0.15) is 0 Å². The first-order valence-electron chi connectivity index (χ1n) is 8.61. The summed E-state index contributed by atoms with van der Waals surface area (Å²) in [5.74, 6) is 0. The van der Waals surface area contributed by atoms with E-state index in [1.165, 1.54) is 0 Å². The van der Waals surface area contributed by atoms with Gasteiger partial charge in [-0.1, -0.05) is 0 Å². The van der Waals surface area contributed by atoms with Crippen LogP contribution < -0.4 is 17.2 Å². The largest absolute Gasteiger partial charge is 0.980 e. The number of hydrogen-bond donors (Lipinski definition) is 6. The number of hydrogen-bond acceptors (Lipinski definition) is 15. The molecule has 0 aromatic rings. The van der Waals surface area contributed by atoms with Crippen molar-refractivity contribution in [1.82, 2.24) is 0 Å². The molecule has 158 valence electrons. The van der Waals surface area contributed by atoms with Crippen LogP contribution in [0.2, 0.25) is 0 Å². The molecule has 0 spiro atoms. The van der Waals surface area contributed by atoms with Crippen molar-refractivity contribution in [2.45, 2.75) is 0 Å². The van der Waals surface area contributed by atoms with Crippen LogP contribution in [0.5, 0.6) is 0 Å². The molecule has 16 nitrogen and oxygen atoms in total. The van der Waals surface area contributed by atoms with Crippen LogP contribution in [0.3, 0.4) is 0 Å². The lowest BCUT2D eigenvalue weighted by atomic mass is 9.69. The topological polar surface area (TPSA) is 225 Å². The molecule has 0 amide bonds. The van der Waals surface area contributed by atoms with Crippen molar-refractivity contribution in [1.29, 1.82) is 0 Å². The molecule has 3 saturated heterocycles. The normalized spacial score (nSPS) is 36.0. The highest BCUT2D eigenvalue weighted by Crippen LogP contribution is 2.47. The van der Waals surface area contributed by atoms with Gasteiger partial charge in [0.15, 0.2) is 0 Å². The third kappa shape index (κ3) is 4.01. The zero-order valence-electron chi connectivity index (χ0n) is 14.9. The molecule has 0 bridgehead atoms. The third-order valence-electron chi connectivity index (χ3n) is 4.02. The molecule has 3 heterocycles. The van der Waals surface area contributed by atoms with Gasteiger partial charge in [0.05, 0.1) is 0 Å². The predicted octanol–water partition coefficient (Wildman–Crippen LogP) is -6.16. The summed E-state index contributed by atoms with van der Waals surface area (Å²) >= 11 is 0. The first-order chi connectivity index (χ1) is 13.4. The van der Waals surface area contributed by atoms with Crippen LogP contribution in [0.1, 0.15) is 0 Å². The average molecular weight is 408 g/mol. The Bertz CT molecular complexity index is 450. The molecule has 3 fully saturated rings. The minimum atomic E-state index is -3.39. The summed E-state index contributed by atoms with van der Waals surface area (Å²) < 4.78 is 50.0. The molecule has 28 heavy (non-hydrogen) atoms. The Hall–Kier alpha value is -0.250. The molecule has 0 aromatic heterocycles. The second kappa shape index (κ2) is 8.86. The molecule has 0 radical (unpaired) electrons. The average Bonchev–Trinajstić information content (AvgIpc) is 2.61. The van der Waals surface area contributed by atoms with Gasteiger partial charge in [0.25, 0.3) is 0 Å². The van der Waals surface area contributed by atoms with Crippen molar-refractivity contribution in [3.05, 3.63) is 0 Å². The Morgan fingerprint density at radius 1 is 0.607 bits per heavy atom. The van der Waals surface area contributed by atoms with E-state index in [2.05, 4.69) is 0 Å². The van der Waals surface area contributed by atoms with Gasteiger partial charge in [-0.25, -0.2) is 0 Å². The van der Waals surface area contributed by atoms with Crippen molar-refractivity contribution in [2.75, 3.05) is 39.5 Å². The lowest BCUT2D eigenvalue weighted by Crippen LogP contribution is -2.90. The quantitative estimate of drug-likeness (QED) is 0.154. The highest BCUT2D eigenvalue weighted by molar-refractivity contribution is 6.96. The van der Waals surface area contributed by atoms with E-state index in [4.69, 9.17) is 58.6 Å². The molecule has 0 aromatic carbocycles. The van der Waals surface area contributed by atoms with E-state index in [0.717, 1.165) is 0 Å². The second-order valence-corrected chi connectivity index (χ2v) is 5.86. The van der Waals surface area contributed by atoms with Crippen LogP contribution >= 0.6 is 0 Å². The molecule has 0 aliphatic carbocycles. The minimum Gasteiger partial charge on any atom is -0.980 e. The number of rotatable bonds is 9. The molecule has 0 saturated carbocycles. The minimum absolute atomic E-state index is 0.00379. The summed E-state index contributed by atoms with van der Waals surface area (Å²) in [6, 6.07) is 0. The van der Waals surface area contributed by atoms with Crippen molar-refractivity contribution < 1.29 is 60.6 Å². The van der Waals surface area contributed by atoms with E-state index < -0.39 is 42.8 Å². The summed E-state index contributed by atoms with van der Waals surface area (Å²) in [4.78, 5) is 0. The zero-order chi connectivity index (χ0) is 20.4. The van der Waals surface area contributed by atoms with Crippen LogP contribution in [0.4, 0.5) is 0 Å². The maximum atomic E-state index is 10.1. The first kappa shape index (κ1) is 22.4. The summed E-state index contributed by atoms with van der Waals surface area (Å²) in [5, 5.41) is 30.3. The molecular weight excluding hydrogens is 387 g/mol. The Morgan fingerprint density at radius 3 is 1.07 bits per heavy atom. The fourth-order valence-corrected chi connectivity index (χ4v) is 3.15. The fourth-order valence-electron chi connectivity index (χ4n) is 3.15. The van der Waals surface area contributed by atoms with Gasteiger partial charge in [0.2, 0.25) is 0 Å². The van der Waals surface area contributed by atoms with Crippen LogP contribution in [0, 0.1) is 0 Å². The van der Waals surface area contributed by atoms with E-state index in [1.54, 1.807) is 0 Å². The molecule has 0 atom stereocenters. The molecule has 22 heteroatoms. The molecule has 3 rings (SSSR count). The second-order valence-electron chi connectivity index (χ2n) is 5.86. The Kier molecular flexibility index (Phi) is 7.10. The fraction of sp³-hybridized carbons (Fsp3) is 1.00. The third-order valence-corrected chi connectivity index (χ3v) is 4.02. The highest BCUT2D eigenvalue weighted by atomic mass is 17.1. The molecule has 0 unspecified atom stereocenters. The Balaban J connectivity index is 2.10. The molecule has 3 aliphatic rings. The van der Waals surface area contributed by atoms with E-state index in [0.29, 0.717) is 0 Å². The van der Waals surface area contributed by atoms with E-state index in [9.17, 15) is 15.1 Å². The van der Waals surface area contributed by atoms with E-state index in [-0.39, 0.29) is 39.5 Å². The summed E-state index contributed by atoms with van der Waals surface area (Å²) in [5.41, 5.74) is 16.4. The molecule has 9 N–H and O–H groups in total. The van der Waals surface area contributed by atoms with Gasteiger partial charge >= 0.3 is 42.8 Å². The van der Waals surface area contributed by atoms with Crippen molar-refractivity contribution in [3.8, 4) is 0 Å². The van der Waals surface area contributed by atoms with Crippen LogP contribution in [0.25, 0.3) is 0 Å². The maximum Gasteiger partial charge on any atom is 0.622 e. The smallest absolute Gasteiger partial charge is 0.622 e. The standard InChI is InChI=1S/C6H21B6N3O13/c13-1-4-19-10-22-7(16)24-11(20-5-2-14)26-9(18)27-12(28(10)11,21-6-3-15)25-8(17)23-10/h16-18H,1-6,13-15H2/q-2. The monoisotopic (exact) mass is 409 g/mol. The maximum absolute atomic E-state index is 10.1. The van der Waals surface area contributed by atoms with Gasteiger partial charge < -0.3 is 77.8 Å². The SMILES string of the molecule is NCCO[B-]12OB(O)O[B-]3(OCCN)OB(O)O[B-](OCCN)(OB(O)O1)[O+]23. The van der Waals surface area contributed by atoms with Gasteiger partial charge in [-0.15, -0.1) is 0 Å². The van der Waals surface area contributed by atoms with Crippen LogP contribution in [0.15, 0.2) is 0 Å². The van der Waals surface area contributed by atoms with Crippen molar-refractivity contribution in [2.24, 2.45) is 17.2 Å². The van der Waals surface area contributed by atoms with Gasteiger partial charge in [-0.05, 0) is 0 Å². The lowest BCUT2D eigenvalue weighted by molar-refractivity contribution is -0.164. The zero-order valence-corrected chi connectivity index (χ0v) is 14.9. The molecular formula is C6H21B6N3O13-2. The van der Waals surface area contributed by atoms with Crippen molar-refractivity contribution in [3.63, 3.8) is 0 Å². The van der Waals surface area contributed by atoms with E-state index in [1.807, 2.05) is 4.12 Å². The van der Waals surface area contributed by atoms with Gasteiger partial charge in [0, 0.05) is 39.5 Å². The van der Waals surface area contributed by atoms with Gasteiger partial charge in [-0.3, -0.25) is 0 Å². The summed E-state index contributed by atoms with van der Waals surface area (Å²) in [6.45, 7) is -10.7.